The number of nitrogens with one attached hydrogen (secondary N) is 1. The SMILES string of the molecule is O=C(C[C@@H]1CCCCO1)NC1CCC(CCN2CCN(c3cccc4c3OCO4)CC2)CC1. The number of carbonyl (C=O) groups is 1. The van der Waals surface area contributed by atoms with E-state index in [0.717, 1.165) is 75.9 Å². The van der Waals surface area contributed by atoms with Crippen molar-refractivity contribution in [3.8, 4) is 11.5 Å². The van der Waals surface area contributed by atoms with Crippen LogP contribution in [0.4, 0.5) is 5.69 Å². The third-order valence-corrected chi connectivity index (χ3v) is 7.84. The lowest BCUT2D eigenvalue weighted by molar-refractivity contribution is -0.125. The highest BCUT2D eigenvalue weighted by molar-refractivity contribution is 5.76. The molecule has 1 saturated carbocycles. The van der Waals surface area contributed by atoms with Crippen molar-refractivity contribution in [2.45, 2.75) is 69.9 Å². The first-order chi connectivity index (χ1) is 16.2. The first-order valence-corrected chi connectivity index (χ1v) is 13.0. The number of hydrogen-bond donors (Lipinski definition) is 1. The van der Waals surface area contributed by atoms with Gasteiger partial charge in [-0.05, 0) is 76.0 Å². The van der Waals surface area contributed by atoms with E-state index in [1.165, 1.54) is 37.9 Å². The molecule has 0 bridgehead atoms. The summed E-state index contributed by atoms with van der Waals surface area (Å²) in [5, 5.41) is 3.28. The van der Waals surface area contributed by atoms with Crippen LogP contribution >= 0.6 is 0 Å². The molecule has 3 aliphatic heterocycles. The van der Waals surface area contributed by atoms with Gasteiger partial charge in [0.05, 0.1) is 18.2 Å². The van der Waals surface area contributed by atoms with Gasteiger partial charge in [0.1, 0.15) is 0 Å². The summed E-state index contributed by atoms with van der Waals surface area (Å²) in [4.78, 5) is 17.4. The molecule has 3 fully saturated rings. The van der Waals surface area contributed by atoms with Gasteiger partial charge in [-0.3, -0.25) is 9.69 Å². The molecule has 7 heteroatoms. The predicted octanol–water partition coefficient (Wildman–Crippen LogP) is 3.56. The van der Waals surface area contributed by atoms with Crippen molar-refractivity contribution in [3.63, 3.8) is 0 Å². The summed E-state index contributed by atoms with van der Waals surface area (Å²) in [6.07, 6.45) is 10.0. The van der Waals surface area contributed by atoms with Crippen LogP contribution in [-0.4, -0.2) is 69.1 Å². The van der Waals surface area contributed by atoms with Crippen LogP contribution in [-0.2, 0) is 9.53 Å². The van der Waals surface area contributed by atoms with Crippen molar-refractivity contribution in [2.75, 3.05) is 51.0 Å². The number of anilines is 1. The topological polar surface area (TPSA) is 63.3 Å². The summed E-state index contributed by atoms with van der Waals surface area (Å²) in [5.41, 5.74) is 1.17. The fourth-order valence-electron chi connectivity index (χ4n) is 5.80. The summed E-state index contributed by atoms with van der Waals surface area (Å²) in [6.45, 7) is 6.58. The second-order valence-corrected chi connectivity index (χ2v) is 10.1. The molecular formula is C26H39N3O4. The molecule has 7 nitrogen and oxygen atoms in total. The van der Waals surface area contributed by atoms with Crippen LogP contribution in [0.1, 0.15) is 57.8 Å². The summed E-state index contributed by atoms with van der Waals surface area (Å²) in [5.74, 6) is 2.75. The van der Waals surface area contributed by atoms with E-state index in [-0.39, 0.29) is 12.0 Å². The second kappa shape index (κ2) is 11.0. The minimum absolute atomic E-state index is 0.138. The van der Waals surface area contributed by atoms with Crippen molar-refractivity contribution in [2.24, 2.45) is 5.92 Å². The number of piperazine rings is 1. The first-order valence-electron chi connectivity index (χ1n) is 13.0. The highest BCUT2D eigenvalue weighted by Gasteiger charge is 2.27. The van der Waals surface area contributed by atoms with Gasteiger partial charge in [-0.15, -0.1) is 0 Å². The fraction of sp³-hybridized carbons (Fsp3) is 0.731. The van der Waals surface area contributed by atoms with E-state index in [2.05, 4.69) is 27.2 Å². The zero-order chi connectivity index (χ0) is 22.5. The largest absolute Gasteiger partial charge is 0.454 e. The van der Waals surface area contributed by atoms with Gasteiger partial charge in [-0.25, -0.2) is 0 Å². The Morgan fingerprint density at radius 1 is 1.00 bits per heavy atom. The molecule has 3 heterocycles. The Bertz CT molecular complexity index is 782. The molecule has 0 spiro atoms. The zero-order valence-electron chi connectivity index (χ0n) is 19.8. The summed E-state index contributed by atoms with van der Waals surface area (Å²) < 4.78 is 16.9. The number of amides is 1. The maximum absolute atomic E-state index is 12.4. The molecule has 0 unspecified atom stereocenters. The maximum Gasteiger partial charge on any atom is 0.231 e. The van der Waals surface area contributed by atoms with Crippen molar-refractivity contribution in [1.82, 2.24) is 10.2 Å². The minimum atomic E-state index is 0.138. The van der Waals surface area contributed by atoms with Crippen LogP contribution in [0.25, 0.3) is 0 Å². The Kier molecular flexibility index (Phi) is 7.57. The summed E-state index contributed by atoms with van der Waals surface area (Å²) in [7, 11) is 0. The fourth-order valence-corrected chi connectivity index (χ4v) is 5.80. The average Bonchev–Trinajstić information content (AvgIpc) is 3.34. The smallest absolute Gasteiger partial charge is 0.231 e. The molecule has 1 amide bonds. The molecule has 182 valence electrons. The van der Waals surface area contributed by atoms with Crippen LogP contribution in [0.2, 0.25) is 0 Å². The van der Waals surface area contributed by atoms with Gasteiger partial charge in [0.25, 0.3) is 0 Å². The first kappa shape index (κ1) is 22.8. The van der Waals surface area contributed by atoms with Crippen molar-refractivity contribution in [1.29, 1.82) is 0 Å². The van der Waals surface area contributed by atoms with Crippen LogP contribution < -0.4 is 19.7 Å². The molecule has 0 radical (unpaired) electrons. The zero-order valence-corrected chi connectivity index (χ0v) is 19.8. The number of benzene rings is 1. The Balaban J connectivity index is 0.980. The number of hydrogen-bond acceptors (Lipinski definition) is 6. The second-order valence-electron chi connectivity index (χ2n) is 10.1. The molecule has 1 aromatic rings. The molecule has 1 atom stereocenters. The Morgan fingerprint density at radius 2 is 1.85 bits per heavy atom. The molecule has 5 rings (SSSR count). The van der Waals surface area contributed by atoms with Crippen molar-refractivity contribution < 1.29 is 19.0 Å². The van der Waals surface area contributed by atoms with Crippen molar-refractivity contribution in [3.05, 3.63) is 18.2 Å². The number of carbonyl (C=O) groups excluding carboxylic acids is 1. The quantitative estimate of drug-likeness (QED) is 0.676. The Morgan fingerprint density at radius 3 is 2.64 bits per heavy atom. The van der Waals surface area contributed by atoms with E-state index < -0.39 is 0 Å². The van der Waals surface area contributed by atoms with E-state index in [9.17, 15) is 4.79 Å². The van der Waals surface area contributed by atoms with Crippen LogP contribution in [0.3, 0.4) is 0 Å². The molecular weight excluding hydrogens is 418 g/mol. The van der Waals surface area contributed by atoms with Gasteiger partial charge in [0.15, 0.2) is 11.5 Å². The van der Waals surface area contributed by atoms with Gasteiger partial charge in [-0.2, -0.15) is 0 Å². The number of ether oxygens (including phenoxy) is 3. The van der Waals surface area contributed by atoms with E-state index in [0.29, 0.717) is 19.3 Å². The van der Waals surface area contributed by atoms with E-state index >= 15 is 0 Å². The molecule has 2 saturated heterocycles. The molecule has 4 aliphatic rings. The lowest BCUT2D eigenvalue weighted by Crippen LogP contribution is -2.47. The molecule has 0 aromatic heterocycles. The van der Waals surface area contributed by atoms with Gasteiger partial charge >= 0.3 is 0 Å². The molecule has 1 N–H and O–H groups in total. The highest BCUT2D eigenvalue weighted by atomic mass is 16.7. The van der Waals surface area contributed by atoms with Crippen LogP contribution in [0, 0.1) is 5.92 Å². The molecule has 1 aromatic carbocycles. The Hall–Kier alpha value is -1.99. The summed E-state index contributed by atoms with van der Waals surface area (Å²) in [6, 6.07) is 6.54. The van der Waals surface area contributed by atoms with Crippen LogP contribution in [0.15, 0.2) is 18.2 Å². The lowest BCUT2D eigenvalue weighted by atomic mass is 9.84. The standard InChI is InChI=1S/C26H39N3O4/c30-25(18-22-4-1-2-17-31-22)27-21-9-7-20(8-10-21)11-12-28-13-15-29(16-14-28)23-5-3-6-24-26(23)33-19-32-24/h3,5-6,20-22H,1-2,4,7-19H2,(H,27,30)/t20?,21?,22-/m0/s1. The number of para-hydroxylation sites is 1. The molecule has 33 heavy (non-hydrogen) atoms. The van der Waals surface area contributed by atoms with E-state index in [1.54, 1.807) is 0 Å². The highest BCUT2D eigenvalue weighted by Crippen LogP contribution is 2.41. The number of fused-ring (bicyclic) bond motifs is 1. The molecule has 1 aliphatic carbocycles. The van der Waals surface area contributed by atoms with E-state index in [4.69, 9.17) is 14.2 Å². The predicted molar refractivity (Wildman–Crippen MR) is 128 cm³/mol. The lowest BCUT2D eigenvalue weighted by Gasteiger charge is -2.37. The van der Waals surface area contributed by atoms with E-state index in [1.807, 2.05) is 6.07 Å². The normalized spacial score (nSPS) is 28.0. The third-order valence-electron chi connectivity index (χ3n) is 7.84. The van der Waals surface area contributed by atoms with Gasteiger partial charge < -0.3 is 24.4 Å². The third kappa shape index (κ3) is 5.93. The maximum atomic E-state index is 12.4. The minimum Gasteiger partial charge on any atom is -0.454 e. The Labute approximate surface area is 197 Å². The summed E-state index contributed by atoms with van der Waals surface area (Å²) >= 11 is 0. The van der Waals surface area contributed by atoms with Crippen LogP contribution in [0.5, 0.6) is 11.5 Å². The number of nitrogens with zero attached hydrogens (tertiary/aromatic N) is 2. The monoisotopic (exact) mass is 457 g/mol. The van der Waals surface area contributed by atoms with Gasteiger partial charge in [-0.1, -0.05) is 6.07 Å². The van der Waals surface area contributed by atoms with Gasteiger partial charge in [0.2, 0.25) is 12.7 Å². The van der Waals surface area contributed by atoms with Crippen molar-refractivity contribution >= 4 is 11.6 Å². The number of rotatable bonds is 7. The van der Waals surface area contributed by atoms with Gasteiger partial charge in [0, 0.05) is 38.8 Å². The average molecular weight is 458 g/mol.